The van der Waals surface area contributed by atoms with Crippen LogP contribution in [-0.2, 0) is 0 Å². The fraction of sp³-hybridized carbons (Fsp3) is 0. The van der Waals surface area contributed by atoms with Gasteiger partial charge in [-0.05, 0) is 5.56 Å². The Morgan fingerprint density at radius 3 is 2.26 bits per heavy atom. The molecule has 1 aromatic heterocycles. The third kappa shape index (κ3) is 2.04. The summed E-state index contributed by atoms with van der Waals surface area (Å²) in [6.45, 7) is 0. The molecule has 0 saturated heterocycles. The lowest BCUT2D eigenvalue weighted by molar-refractivity contribution is -0.636. The third-order valence-corrected chi connectivity index (χ3v) is 2.61. The second-order valence-electron chi connectivity index (χ2n) is 3.64. The van der Waals surface area contributed by atoms with Crippen molar-refractivity contribution in [2.45, 2.75) is 0 Å². The summed E-state index contributed by atoms with van der Waals surface area (Å²) >= 11 is 0. The molecule has 0 amide bonds. The number of rotatable bonds is 2. The number of hydrogen-bond acceptors (Lipinski definition) is 4. The number of benzene rings is 1. The van der Waals surface area contributed by atoms with Crippen molar-refractivity contribution in [3.05, 3.63) is 51.8 Å². The van der Waals surface area contributed by atoms with Crippen molar-refractivity contribution in [2.24, 2.45) is 0 Å². The summed E-state index contributed by atoms with van der Waals surface area (Å²) in [6.07, 6.45) is 0. The smallest absolute Gasteiger partial charge is 0.280 e. The average molecular weight is 253 g/mol. The number of hydrogen-bond donors (Lipinski definition) is 2. The lowest BCUT2D eigenvalue weighted by Gasteiger charge is -2.08. The Morgan fingerprint density at radius 1 is 1.11 bits per heavy atom. The number of aromatic nitrogens is 1. The maximum absolute atomic E-state index is 11.8. The average Bonchev–Trinajstić information content (AvgIpc) is 2.46. The Balaban J connectivity index is 2.93. The molecule has 92 valence electrons. The van der Waals surface area contributed by atoms with E-state index in [-0.39, 0.29) is 22.6 Å². The molecule has 0 spiro atoms. The topological polar surface area (TPSA) is 117 Å². The summed E-state index contributed by atoms with van der Waals surface area (Å²) in [5.74, 6) is 3.14. The molecule has 0 aliphatic rings. The van der Waals surface area contributed by atoms with Crippen LogP contribution in [0.25, 0.3) is 11.1 Å². The van der Waals surface area contributed by atoms with Crippen molar-refractivity contribution in [1.29, 1.82) is 10.5 Å². The van der Waals surface area contributed by atoms with Gasteiger partial charge in [-0.3, -0.25) is 9.78 Å². The molecule has 0 atom stereocenters. The van der Waals surface area contributed by atoms with E-state index in [1.54, 1.807) is 30.3 Å². The minimum atomic E-state index is -0.612. The molecule has 2 aromatic rings. The molecule has 1 aromatic carbocycles. The van der Waals surface area contributed by atoms with Gasteiger partial charge in [0.2, 0.25) is 0 Å². The van der Waals surface area contributed by atoms with Crippen LogP contribution in [0.3, 0.4) is 0 Å². The monoisotopic (exact) mass is 253 g/mol. The zero-order valence-corrected chi connectivity index (χ0v) is 9.80. The molecule has 0 fully saturated rings. The van der Waals surface area contributed by atoms with E-state index in [9.17, 15) is 10.1 Å². The van der Waals surface area contributed by atoms with Crippen molar-refractivity contribution in [3.8, 4) is 29.1 Å². The van der Waals surface area contributed by atoms with Crippen LogP contribution in [0.15, 0.2) is 35.1 Å². The van der Waals surface area contributed by atoms with Gasteiger partial charge in [-0.15, -0.1) is 0 Å². The Kier molecular flexibility index (Phi) is 3.29. The highest BCUT2D eigenvalue weighted by atomic mass is 16.6. The van der Waals surface area contributed by atoms with Gasteiger partial charge in [0.25, 0.3) is 11.4 Å². The van der Waals surface area contributed by atoms with Crippen LogP contribution in [0.5, 0.6) is 5.88 Å². The number of pyridine rings is 1. The van der Waals surface area contributed by atoms with Crippen molar-refractivity contribution in [3.63, 3.8) is 0 Å². The fourth-order valence-electron chi connectivity index (χ4n) is 1.80. The van der Waals surface area contributed by atoms with E-state index in [1.807, 2.05) is 12.1 Å². The van der Waals surface area contributed by atoms with Crippen molar-refractivity contribution < 1.29 is 10.7 Å². The van der Waals surface area contributed by atoms with Crippen LogP contribution < -0.4 is 16.3 Å². The van der Waals surface area contributed by atoms with Gasteiger partial charge in [0.15, 0.2) is 0 Å². The molecule has 0 radical (unpaired) electrons. The predicted octanol–water partition coefficient (Wildman–Crippen LogP) is 0.321. The van der Waals surface area contributed by atoms with Crippen molar-refractivity contribution >= 4 is 0 Å². The SMILES string of the molecule is N#Cc1c(O[NH3+])[nH]c(=O)c(C#N)c1-c1ccccc1. The first-order valence-corrected chi connectivity index (χ1v) is 5.30. The Morgan fingerprint density at radius 2 is 1.74 bits per heavy atom. The number of aromatic amines is 1. The van der Waals surface area contributed by atoms with E-state index < -0.39 is 5.56 Å². The molecule has 4 N–H and O–H groups in total. The molecule has 0 saturated carbocycles. The van der Waals surface area contributed by atoms with Crippen molar-refractivity contribution in [2.75, 3.05) is 0 Å². The summed E-state index contributed by atoms with van der Waals surface area (Å²) in [5.41, 5.74) is 0.202. The number of H-pyrrole nitrogens is 1. The summed E-state index contributed by atoms with van der Waals surface area (Å²) < 4.78 is 0. The van der Waals surface area contributed by atoms with E-state index in [0.29, 0.717) is 5.56 Å². The third-order valence-electron chi connectivity index (χ3n) is 2.61. The molecular weight excluding hydrogens is 244 g/mol. The largest absolute Gasteiger partial charge is 0.301 e. The second kappa shape index (κ2) is 5.05. The van der Waals surface area contributed by atoms with E-state index in [2.05, 4.69) is 10.9 Å². The van der Waals surface area contributed by atoms with E-state index in [4.69, 9.17) is 10.1 Å². The van der Waals surface area contributed by atoms with Crippen LogP contribution >= 0.6 is 0 Å². The van der Waals surface area contributed by atoms with Gasteiger partial charge in [0.05, 0.1) is 0 Å². The molecule has 19 heavy (non-hydrogen) atoms. The quantitative estimate of drug-likeness (QED) is 0.749. The normalized spacial score (nSPS) is 9.42. The molecule has 0 bridgehead atoms. The first-order valence-electron chi connectivity index (χ1n) is 5.30. The lowest BCUT2D eigenvalue weighted by atomic mass is 9.97. The molecule has 0 aliphatic heterocycles. The van der Waals surface area contributed by atoms with Crippen LogP contribution in [0.4, 0.5) is 0 Å². The van der Waals surface area contributed by atoms with E-state index in [1.165, 1.54) is 0 Å². The van der Waals surface area contributed by atoms with Gasteiger partial charge in [0, 0.05) is 5.56 Å². The Hall–Kier alpha value is -3.09. The van der Waals surface area contributed by atoms with Crippen LogP contribution in [0.1, 0.15) is 11.1 Å². The Labute approximate surface area is 108 Å². The van der Waals surface area contributed by atoms with Crippen LogP contribution in [0, 0.1) is 22.7 Å². The molecular formula is C13H9N4O2+. The maximum Gasteiger partial charge on any atom is 0.280 e. The summed E-state index contributed by atoms with van der Waals surface area (Å²) in [4.78, 5) is 18.9. The minimum Gasteiger partial charge on any atom is -0.301 e. The molecule has 0 aliphatic carbocycles. The second-order valence-corrected chi connectivity index (χ2v) is 3.64. The highest BCUT2D eigenvalue weighted by molar-refractivity contribution is 5.77. The standard InChI is InChI=1S/C13H8N4O2/c14-6-9-11(8-4-2-1-3-5-8)10(7-15)13(19-16)17-12(9)18/h1-5H,16H3/p+1. The fourth-order valence-corrected chi connectivity index (χ4v) is 1.80. The molecule has 6 nitrogen and oxygen atoms in total. The van der Waals surface area contributed by atoms with Crippen LogP contribution in [-0.4, -0.2) is 4.98 Å². The highest BCUT2D eigenvalue weighted by Gasteiger charge is 2.20. The first-order chi connectivity index (χ1) is 9.22. The summed E-state index contributed by atoms with van der Waals surface area (Å²) in [6, 6.07) is 12.5. The zero-order valence-electron chi connectivity index (χ0n) is 9.80. The number of nitrogens with zero attached hydrogens (tertiary/aromatic N) is 2. The number of quaternary nitrogens is 1. The van der Waals surface area contributed by atoms with Gasteiger partial charge in [-0.2, -0.15) is 16.4 Å². The maximum atomic E-state index is 11.8. The van der Waals surface area contributed by atoms with E-state index in [0.717, 1.165) is 0 Å². The number of nitrogens with one attached hydrogen (secondary N) is 1. The number of nitriles is 2. The molecule has 1 heterocycles. The highest BCUT2D eigenvalue weighted by Crippen LogP contribution is 2.29. The van der Waals surface area contributed by atoms with Gasteiger partial charge >= 0.3 is 0 Å². The van der Waals surface area contributed by atoms with Gasteiger partial charge < -0.3 is 4.84 Å². The minimum absolute atomic E-state index is 0.0506. The Bertz CT molecular complexity index is 751. The van der Waals surface area contributed by atoms with Crippen LogP contribution in [0.2, 0.25) is 0 Å². The molecule has 6 heteroatoms. The predicted molar refractivity (Wildman–Crippen MR) is 65.4 cm³/mol. The van der Waals surface area contributed by atoms with Gasteiger partial charge in [-0.25, -0.2) is 0 Å². The molecule has 2 rings (SSSR count). The van der Waals surface area contributed by atoms with Crippen molar-refractivity contribution in [1.82, 2.24) is 4.98 Å². The molecule has 0 unspecified atom stereocenters. The van der Waals surface area contributed by atoms with E-state index >= 15 is 0 Å². The summed E-state index contributed by atoms with van der Waals surface area (Å²) in [5, 5.41) is 18.3. The van der Waals surface area contributed by atoms with Gasteiger partial charge in [0.1, 0.15) is 23.3 Å². The first kappa shape index (κ1) is 12.4. The lowest BCUT2D eigenvalue weighted by Crippen LogP contribution is -2.54. The zero-order chi connectivity index (χ0) is 13.8. The van der Waals surface area contributed by atoms with Gasteiger partial charge in [-0.1, -0.05) is 30.3 Å². The summed E-state index contributed by atoms with van der Waals surface area (Å²) in [7, 11) is 0.